The summed E-state index contributed by atoms with van der Waals surface area (Å²) in [5, 5.41) is 0. The first-order valence-electron chi connectivity index (χ1n) is 6.18. The van der Waals surface area contributed by atoms with Crippen molar-refractivity contribution in [3.8, 4) is 0 Å². The van der Waals surface area contributed by atoms with Crippen LogP contribution in [-0.2, 0) is 0 Å². The Morgan fingerprint density at radius 3 is 2.07 bits per heavy atom. The fourth-order valence-electron chi connectivity index (χ4n) is 2.58. The Balaban J connectivity index is 0.00000169. The maximum atomic E-state index is 2.37. The number of likely N-dealkylation sites (tertiary alicyclic amines) is 1. The molecule has 0 aromatic carbocycles. The Morgan fingerprint density at radius 2 is 1.57 bits per heavy atom. The molecule has 2 heteroatoms. The van der Waals surface area contributed by atoms with Crippen LogP contribution in [0.25, 0.3) is 0 Å². The van der Waals surface area contributed by atoms with Crippen LogP contribution >= 0.6 is 0 Å². The molecular weight excluding hydrogens is 194 g/mol. The molecule has 0 unspecified atom stereocenters. The lowest BCUT2D eigenvalue weighted by Gasteiger charge is -2.33. The highest BCUT2D eigenvalue weighted by Gasteiger charge is 2.28. The van der Waals surface area contributed by atoms with Crippen molar-refractivity contribution in [2.24, 2.45) is 0 Å². The first-order chi connectivity index (χ1) is 6.33. The number of hydrogen-bond acceptors (Lipinski definition) is 0. The van der Waals surface area contributed by atoms with Gasteiger partial charge in [-0.05, 0) is 19.8 Å². The van der Waals surface area contributed by atoms with E-state index in [9.17, 15) is 0 Å². The number of halogens is 1. The predicted octanol–water partition coefficient (Wildman–Crippen LogP) is 0.201. The molecule has 1 saturated heterocycles. The second-order valence-electron chi connectivity index (χ2n) is 4.60. The summed E-state index contributed by atoms with van der Waals surface area (Å²) >= 11 is 0. The van der Waals surface area contributed by atoms with Gasteiger partial charge in [-0.1, -0.05) is 19.8 Å². The van der Waals surface area contributed by atoms with Gasteiger partial charge in [0, 0.05) is 12.8 Å². The molecule has 1 aliphatic rings. The zero-order chi connectivity index (χ0) is 9.57. The van der Waals surface area contributed by atoms with Crippen molar-refractivity contribution in [1.29, 1.82) is 0 Å². The Hall–Kier alpha value is 0.250. The molecule has 0 radical (unpaired) electrons. The Bertz CT molecular complexity index is 130. The van der Waals surface area contributed by atoms with E-state index in [-0.39, 0.29) is 12.4 Å². The fraction of sp³-hybridized carbons (Fsp3) is 1.00. The number of rotatable bonds is 6. The lowest BCUT2D eigenvalue weighted by atomic mass is 10.2. The van der Waals surface area contributed by atoms with E-state index in [1.165, 1.54) is 69.2 Å². The molecule has 0 aliphatic carbocycles. The van der Waals surface area contributed by atoms with Crippen molar-refractivity contribution < 1.29 is 16.9 Å². The molecule has 1 nitrogen and oxygen atoms in total. The van der Waals surface area contributed by atoms with Gasteiger partial charge in [-0.3, -0.25) is 0 Å². The highest BCUT2D eigenvalue weighted by atomic mass is 35.5. The SMILES string of the molecule is CCCCCC[N+]1(CC)CCCC1.[Cl-]. The third kappa shape index (κ3) is 4.18. The highest BCUT2D eigenvalue weighted by molar-refractivity contribution is 4.54. The molecule has 0 aromatic heterocycles. The molecule has 1 aliphatic heterocycles. The average Bonchev–Trinajstić information content (AvgIpc) is 2.62. The van der Waals surface area contributed by atoms with Gasteiger partial charge in [0.25, 0.3) is 0 Å². The summed E-state index contributed by atoms with van der Waals surface area (Å²) < 4.78 is 1.43. The Morgan fingerprint density at radius 1 is 0.929 bits per heavy atom. The first kappa shape index (κ1) is 14.2. The van der Waals surface area contributed by atoms with E-state index in [1.807, 2.05) is 0 Å². The van der Waals surface area contributed by atoms with Crippen LogP contribution < -0.4 is 12.4 Å². The summed E-state index contributed by atoms with van der Waals surface area (Å²) in [6.45, 7) is 10.4. The van der Waals surface area contributed by atoms with Crippen LogP contribution in [0.3, 0.4) is 0 Å². The van der Waals surface area contributed by atoms with Crippen LogP contribution in [0.15, 0.2) is 0 Å². The molecule has 0 spiro atoms. The minimum absolute atomic E-state index is 0. The zero-order valence-electron chi connectivity index (χ0n) is 9.90. The molecule has 1 heterocycles. The van der Waals surface area contributed by atoms with Gasteiger partial charge in [0.1, 0.15) is 0 Å². The van der Waals surface area contributed by atoms with Gasteiger partial charge < -0.3 is 16.9 Å². The van der Waals surface area contributed by atoms with E-state index in [2.05, 4.69) is 13.8 Å². The number of unbranched alkanes of at least 4 members (excludes halogenated alkanes) is 3. The summed E-state index contributed by atoms with van der Waals surface area (Å²) in [6, 6.07) is 0. The van der Waals surface area contributed by atoms with Crippen molar-refractivity contribution in [1.82, 2.24) is 0 Å². The van der Waals surface area contributed by atoms with E-state index in [0.717, 1.165) is 0 Å². The topological polar surface area (TPSA) is 0 Å². The monoisotopic (exact) mass is 219 g/mol. The largest absolute Gasteiger partial charge is 1.00 e. The number of quaternary nitrogens is 1. The molecule has 0 N–H and O–H groups in total. The maximum absolute atomic E-state index is 2.37. The molecule has 0 atom stereocenters. The summed E-state index contributed by atoms with van der Waals surface area (Å²) in [5.41, 5.74) is 0. The van der Waals surface area contributed by atoms with E-state index >= 15 is 0 Å². The van der Waals surface area contributed by atoms with Crippen LogP contribution in [0.1, 0.15) is 52.4 Å². The van der Waals surface area contributed by atoms with Gasteiger partial charge >= 0.3 is 0 Å². The van der Waals surface area contributed by atoms with Gasteiger partial charge in [0.15, 0.2) is 0 Å². The minimum Gasteiger partial charge on any atom is -1.00 e. The molecule has 0 aromatic rings. The smallest absolute Gasteiger partial charge is 0.0788 e. The Kier molecular flexibility index (Phi) is 7.66. The predicted molar refractivity (Wildman–Crippen MR) is 58.8 cm³/mol. The van der Waals surface area contributed by atoms with Crippen LogP contribution in [-0.4, -0.2) is 30.7 Å². The van der Waals surface area contributed by atoms with Crippen molar-refractivity contribution in [2.45, 2.75) is 52.4 Å². The molecule has 86 valence electrons. The summed E-state index contributed by atoms with van der Waals surface area (Å²) in [7, 11) is 0. The second kappa shape index (κ2) is 7.53. The van der Waals surface area contributed by atoms with Gasteiger partial charge in [-0.15, -0.1) is 0 Å². The van der Waals surface area contributed by atoms with E-state index in [4.69, 9.17) is 0 Å². The van der Waals surface area contributed by atoms with Gasteiger partial charge in [-0.2, -0.15) is 0 Å². The lowest BCUT2D eigenvalue weighted by molar-refractivity contribution is -0.915. The molecule has 0 bridgehead atoms. The average molecular weight is 220 g/mol. The minimum atomic E-state index is 0. The van der Waals surface area contributed by atoms with Crippen LogP contribution in [0.4, 0.5) is 0 Å². The molecule has 0 amide bonds. The molecule has 1 fully saturated rings. The normalized spacial score (nSPS) is 19.3. The van der Waals surface area contributed by atoms with Crippen molar-refractivity contribution in [2.75, 3.05) is 26.2 Å². The quantitative estimate of drug-likeness (QED) is 0.443. The summed E-state index contributed by atoms with van der Waals surface area (Å²) in [4.78, 5) is 0. The van der Waals surface area contributed by atoms with Gasteiger partial charge in [0.2, 0.25) is 0 Å². The van der Waals surface area contributed by atoms with Gasteiger partial charge in [-0.25, -0.2) is 0 Å². The lowest BCUT2D eigenvalue weighted by Crippen LogP contribution is -3.00. The molecule has 14 heavy (non-hydrogen) atoms. The zero-order valence-corrected chi connectivity index (χ0v) is 10.7. The second-order valence-corrected chi connectivity index (χ2v) is 4.60. The van der Waals surface area contributed by atoms with E-state index < -0.39 is 0 Å². The fourth-order valence-corrected chi connectivity index (χ4v) is 2.58. The first-order valence-corrected chi connectivity index (χ1v) is 6.18. The number of hydrogen-bond donors (Lipinski definition) is 0. The summed E-state index contributed by atoms with van der Waals surface area (Å²) in [6.07, 6.45) is 8.66. The highest BCUT2D eigenvalue weighted by Crippen LogP contribution is 2.20. The van der Waals surface area contributed by atoms with E-state index in [1.54, 1.807) is 0 Å². The maximum Gasteiger partial charge on any atom is 0.0788 e. The standard InChI is InChI=1S/C12H26N.ClH/c1-3-5-6-7-10-13(4-2)11-8-9-12-13;/h3-12H2,1-2H3;1H/q+1;/p-1. The third-order valence-electron chi connectivity index (χ3n) is 3.67. The van der Waals surface area contributed by atoms with Gasteiger partial charge in [0.05, 0.1) is 26.2 Å². The molecule has 1 rings (SSSR count). The summed E-state index contributed by atoms with van der Waals surface area (Å²) in [5.74, 6) is 0. The van der Waals surface area contributed by atoms with Crippen molar-refractivity contribution in [3.63, 3.8) is 0 Å². The molecular formula is C12H26ClN. The Labute approximate surface area is 95.9 Å². The van der Waals surface area contributed by atoms with Crippen molar-refractivity contribution >= 4 is 0 Å². The third-order valence-corrected chi connectivity index (χ3v) is 3.67. The van der Waals surface area contributed by atoms with Crippen LogP contribution in [0, 0.1) is 0 Å². The molecule has 0 saturated carbocycles. The van der Waals surface area contributed by atoms with Crippen LogP contribution in [0.5, 0.6) is 0 Å². The van der Waals surface area contributed by atoms with Crippen molar-refractivity contribution in [3.05, 3.63) is 0 Å². The number of nitrogens with zero attached hydrogens (tertiary/aromatic N) is 1. The van der Waals surface area contributed by atoms with Crippen LogP contribution in [0.2, 0.25) is 0 Å². The van der Waals surface area contributed by atoms with E-state index in [0.29, 0.717) is 0 Å².